The molecule has 136 valence electrons. The SMILES string of the molecule is Cc1c(-c2cccc(Cl)c2)nn2c1NC(=O)C[C@H]2C(=O)Nc1ccccc1. The summed E-state index contributed by atoms with van der Waals surface area (Å²) >= 11 is 6.10. The highest BCUT2D eigenvalue weighted by Gasteiger charge is 2.34. The summed E-state index contributed by atoms with van der Waals surface area (Å²) in [5, 5.41) is 10.9. The van der Waals surface area contributed by atoms with Crippen molar-refractivity contribution < 1.29 is 9.59 Å². The zero-order valence-corrected chi connectivity index (χ0v) is 15.3. The largest absolute Gasteiger partial charge is 0.324 e. The highest BCUT2D eigenvalue weighted by molar-refractivity contribution is 6.30. The molecule has 0 radical (unpaired) electrons. The number of hydrogen-bond acceptors (Lipinski definition) is 3. The van der Waals surface area contributed by atoms with Crippen LogP contribution in [-0.2, 0) is 9.59 Å². The Morgan fingerprint density at radius 2 is 2.00 bits per heavy atom. The highest BCUT2D eigenvalue weighted by Crippen LogP contribution is 2.35. The number of aromatic nitrogens is 2. The summed E-state index contributed by atoms with van der Waals surface area (Å²) in [6, 6.07) is 15.8. The first-order chi connectivity index (χ1) is 13.0. The molecule has 0 saturated heterocycles. The van der Waals surface area contributed by atoms with Crippen molar-refractivity contribution in [2.24, 2.45) is 0 Å². The minimum Gasteiger partial charge on any atom is -0.324 e. The van der Waals surface area contributed by atoms with Gasteiger partial charge in [-0.15, -0.1) is 0 Å². The molecule has 0 spiro atoms. The standard InChI is InChI=1S/C20H17ClN4O2/c1-12-18(13-6-5-7-14(21)10-13)24-25-16(11-17(26)23-19(12)25)20(27)22-15-8-3-2-4-9-15/h2-10,16H,11H2,1H3,(H,22,27)(H,23,26)/t16-/m0/s1. The van der Waals surface area contributed by atoms with Gasteiger partial charge in [0.05, 0.1) is 12.1 Å². The number of fused-ring (bicyclic) bond motifs is 1. The van der Waals surface area contributed by atoms with E-state index in [1.165, 1.54) is 0 Å². The third kappa shape index (κ3) is 3.31. The van der Waals surface area contributed by atoms with Crippen LogP contribution >= 0.6 is 11.6 Å². The number of nitrogens with one attached hydrogen (secondary N) is 2. The number of para-hydroxylation sites is 1. The first kappa shape index (κ1) is 17.3. The second-order valence-electron chi connectivity index (χ2n) is 6.40. The summed E-state index contributed by atoms with van der Waals surface area (Å²) in [6.45, 7) is 1.87. The molecule has 0 bridgehead atoms. The maximum absolute atomic E-state index is 12.8. The fourth-order valence-corrected chi connectivity index (χ4v) is 3.39. The molecule has 1 aromatic heterocycles. The van der Waals surface area contributed by atoms with E-state index in [4.69, 9.17) is 11.6 Å². The second-order valence-corrected chi connectivity index (χ2v) is 6.84. The number of nitrogens with zero attached hydrogens (tertiary/aromatic N) is 2. The molecule has 0 saturated carbocycles. The molecule has 2 aromatic carbocycles. The average Bonchev–Trinajstić information content (AvgIpc) is 2.98. The lowest BCUT2D eigenvalue weighted by Crippen LogP contribution is -2.35. The monoisotopic (exact) mass is 380 g/mol. The van der Waals surface area contributed by atoms with E-state index in [1.54, 1.807) is 22.9 Å². The third-order valence-corrected chi connectivity index (χ3v) is 4.76. The van der Waals surface area contributed by atoms with Crippen LogP contribution in [0.5, 0.6) is 0 Å². The molecular formula is C20H17ClN4O2. The van der Waals surface area contributed by atoms with Gasteiger partial charge in [-0.05, 0) is 31.2 Å². The molecule has 3 aromatic rings. The zero-order chi connectivity index (χ0) is 19.0. The van der Waals surface area contributed by atoms with E-state index in [9.17, 15) is 9.59 Å². The smallest absolute Gasteiger partial charge is 0.249 e. The molecule has 1 aliphatic rings. The maximum Gasteiger partial charge on any atom is 0.249 e. The first-order valence-corrected chi connectivity index (χ1v) is 8.91. The number of benzene rings is 2. The van der Waals surface area contributed by atoms with Crippen molar-refractivity contribution in [3.8, 4) is 11.3 Å². The first-order valence-electron chi connectivity index (χ1n) is 8.54. The molecule has 0 unspecified atom stereocenters. The number of anilines is 2. The number of hydrogen-bond donors (Lipinski definition) is 2. The predicted molar refractivity (Wildman–Crippen MR) is 105 cm³/mol. The molecule has 27 heavy (non-hydrogen) atoms. The molecule has 7 heteroatoms. The van der Waals surface area contributed by atoms with Crippen LogP contribution in [-0.4, -0.2) is 21.6 Å². The van der Waals surface area contributed by atoms with Crippen molar-refractivity contribution in [1.29, 1.82) is 0 Å². The summed E-state index contributed by atoms with van der Waals surface area (Å²) in [5.74, 6) is 0.0447. The molecular weight excluding hydrogens is 364 g/mol. The van der Waals surface area contributed by atoms with Crippen LogP contribution in [0.15, 0.2) is 54.6 Å². The molecule has 1 aliphatic heterocycles. The zero-order valence-electron chi connectivity index (χ0n) is 14.6. The average molecular weight is 381 g/mol. The van der Waals surface area contributed by atoms with Gasteiger partial charge in [0.2, 0.25) is 11.8 Å². The Kier molecular flexibility index (Phi) is 4.41. The molecule has 2 N–H and O–H groups in total. The third-order valence-electron chi connectivity index (χ3n) is 4.52. The number of rotatable bonds is 3. The van der Waals surface area contributed by atoms with Gasteiger partial charge in [-0.2, -0.15) is 5.10 Å². The van der Waals surface area contributed by atoms with E-state index in [0.29, 0.717) is 22.2 Å². The molecule has 2 heterocycles. The van der Waals surface area contributed by atoms with E-state index in [2.05, 4.69) is 15.7 Å². The highest BCUT2D eigenvalue weighted by atomic mass is 35.5. The fraction of sp³-hybridized carbons (Fsp3) is 0.150. The summed E-state index contributed by atoms with van der Waals surface area (Å²) in [5.41, 5.74) is 2.99. The fourth-order valence-electron chi connectivity index (χ4n) is 3.20. The van der Waals surface area contributed by atoms with Crippen LogP contribution in [0.4, 0.5) is 11.5 Å². The Labute approximate surface area is 161 Å². The van der Waals surface area contributed by atoms with Crippen LogP contribution in [0.3, 0.4) is 0 Å². The number of carbonyl (C=O) groups excluding carboxylic acids is 2. The summed E-state index contributed by atoms with van der Waals surface area (Å²) in [7, 11) is 0. The number of carbonyl (C=O) groups is 2. The van der Waals surface area contributed by atoms with Gasteiger partial charge in [0.1, 0.15) is 11.9 Å². The van der Waals surface area contributed by atoms with Gasteiger partial charge < -0.3 is 10.6 Å². The van der Waals surface area contributed by atoms with Crippen molar-refractivity contribution in [2.45, 2.75) is 19.4 Å². The van der Waals surface area contributed by atoms with E-state index in [1.807, 2.05) is 43.3 Å². The molecule has 0 fully saturated rings. The lowest BCUT2D eigenvalue weighted by molar-refractivity contribution is -0.125. The van der Waals surface area contributed by atoms with Crippen LogP contribution in [0.25, 0.3) is 11.3 Å². The minimum atomic E-state index is -0.722. The molecule has 0 aliphatic carbocycles. The quantitative estimate of drug-likeness (QED) is 0.720. The van der Waals surface area contributed by atoms with Crippen LogP contribution < -0.4 is 10.6 Å². The van der Waals surface area contributed by atoms with Gasteiger partial charge in [-0.25, -0.2) is 4.68 Å². The molecule has 6 nitrogen and oxygen atoms in total. The Balaban J connectivity index is 1.72. The minimum absolute atomic E-state index is 0.0295. The van der Waals surface area contributed by atoms with Crippen LogP contribution in [0.1, 0.15) is 18.0 Å². The van der Waals surface area contributed by atoms with Gasteiger partial charge in [0.15, 0.2) is 0 Å². The normalized spacial score (nSPS) is 15.8. The Hall–Kier alpha value is -3.12. The lowest BCUT2D eigenvalue weighted by atomic mass is 10.1. The number of amides is 2. The summed E-state index contributed by atoms with van der Waals surface area (Å²) in [6.07, 6.45) is 0.0295. The van der Waals surface area contributed by atoms with Crippen molar-refractivity contribution in [3.63, 3.8) is 0 Å². The predicted octanol–water partition coefficient (Wildman–Crippen LogP) is 4.03. The van der Waals surface area contributed by atoms with E-state index < -0.39 is 6.04 Å². The molecule has 1 atom stereocenters. The Morgan fingerprint density at radius 3 is 2.74 bits per heavy atom. The molecule has 4 rings (SSSR count). The van der Waals surface area contributed by atoms with Crippen molar-refractivity contribution in [3.05, 3.63) is 65.2 Å². The van der Waals surface area contributed by atoms with Gasteiger partial charge in [0, 0.05) is 21.8 Å². The van der Waals surface area contributed by atoms with Crippen molar-refractivity contribution in [1.82, 2.24) is 9.78 Å². The van der Waals surface area contributed by atoms with Gasteiger partial charge in [-0.3, -0.25) is 9.59 Å². The van der Waals surface area contributed by atoms with Crippen LogP contribution in [0.2, 0.25) is 5.02 Å². The molecule has 2 amide bonds. The van der Waals surface area contributed by atoms with E-state index >= 15 is 0 Å². The lowest BCUT2D eigenvalue weighted by Gasteiger charge is -2.24. The van der Waals surface area contributed by atoms with Crippen molar-refractivity contribution >= 4 is 34.9 Å². The summed E-state index contributed by atoms with van der Waals surface area (Å²) < 4.78 is 1.59. The second kappa shape index (κ2) is 6.89. The van der Waals surface area contributed by atoms with E-state index in [0.717, 1.165) is 11.1 Å². The van der Waals surface area contributed by atoms with Gasteiger partial charge in [0.25, 0.3) is 0 Å². The van der Waals surface area contributed by atoms with Crippen LogP contribution in [0, 0.1) is 6.92 Å². The van der Waals surface area contributed by atoms with Crippen molar-refractivity contribution in [2.75, 3.05) is 10.6 Å². The number of halogens is 1. The maximum atomic E-state index is 12.8. The summed E-state index contributed by atoms with van der Waals surface area (Å²) in [4.78, 5) is 25.0. The Morgan fingerprint density at radius 1 is 1.22 bits per heavy atom. The Bertz CT molecular complexity index is 1030. The topological polar surface area (TPSA) is 76.0 Å². The van der Waals surface area contributed by atoms with Gasteiger partial charge >= 0.3 is 0 Å². The van der Waals surface area contributed by atoms with E-state index in [-0.39, 0.29) is 18.2 Å². The van der Waals surface area contributed by atoms with Gasteiger partial charge in [-0.1, -0.05) is 41.9 Å².